The molecule has 0 aromatic heterocycles. The van der Waals surface area contributed by atoms with Gasteiger partial charge < -0.3 is 14.9 Å². The van der Waals surface area contributed by atoms with Crippen LogP contribution in [-0.4, -0.2) is 34.5 Å². The molecule has 4 nitrogen and oxygen atoms in total. The molecular formula is C29H48O4. The number of hydrogen-bond donors (Lipinski definition) is 2. The van der Waals surface area contributed by atoms with Crippen LogP contribution in [0.4, 0.5) is 0 Å². The van der Waals surface area contributed by atoms with Crippen LogP contribution >= 0.6 is 0 Å². The molecule has 0 aromatic rings. The second-order valence-corrected chi connectivity index (χ2v) is 13.0. The third-order valence-corrected chi connectivity index (χ3v) is 10.9. The number of esters is 1. The lowest BCUT2D eigenvalue weighted by Crippen LogP contribution is -2.51. The summed E-state index contributed by atoms with van der Waals surface area (Å²) in [5.74, 6) is 3.72. The summed E-state index contributed by atoms with van der Waals surface area (Å²) in [7, 11) is 0. The van der Waals surface area contributed by atoms with E-state index in [1.807, 2.05) is 0 Å². The molecule has 0 saturated heterocycles. The Balaban J connectivity index is 1.44. The van der Waals surface area contributed by atoms with E-state index >= 15 is 0 Å². The van der Waals surface area contributed by atoms with E-state index in [0.717, 1.165) is 55.8 Å². The largest absolute Gasteiger partial charge is 0.462 e. The molecule has 9 atom stereocenters. The van der Waals surface area contributed by atoms with Crippen molar-refractivity contribution >= 4 is 5.97 Å². The second-order valence-electron chi connectivity index (χ2n) is 13.0. The van der Waals surface area contributed by atoms with Crippen LogP contribution in [0, 0.1) is 40.4 Å². The molecule has 0 amide bonds. The van der Waals surface area contributed by atoms with Crippen LogP contribution in [0.1, 0.15) is 105 Å². The van der Waals surface area contributed by atoms with Crippen molar-refractivity contribution in [1.29, 1.82) is 0 Å². The Kier molecular flexibility index (Phi) is 7.11. The van der Waals surface area contributed by atoms with Crippen molar-refractivity contribution in [2.24, 2.45) is 40.4 Å². The van der Waals surface area contributed by atoms with Gasteiger partial charge in [0.05, 0.1) is 12.2 Å². The Morgan fingerprint density at radius 3 is 2.67 bits per heavy atom. The number of fused-ring (bicyclic) bond motifs is 5. The van der Waals surface area contributed by atoms with Gasteiger partial charge in [0.25, 0.3) is 0 Å². The molecule has 4 aliphatic carbocycles. The number of aliphatic hydroxyl groups is 2. The number of carbonyl (C=O) groups excluding carboxylic acids is 1. The van der Waals surface area contributed by atoms with E-state index in [1.165, 1.54) is 39.0 Å². The van der Waals surface area contributed by atoms with Crippen LogP contribution in [0.5, 0.6) is 0 Å². The quantitative estimate of drug-likeness (QED) is 0.359. The van der Waals surface area contributed by atoms with E-state index in [4.69, 9.17) is 4.74 Å². The monoisotopic (exact) mass is 460 g/mol. The lowest BCUT2D eigenvalue weighted by atomic mass is 9.47. The van der Waals surface area contributed by atoms with Gasteiger partial charge in [-0.3, -0.25) is 4.79 Å². The Hall–Kier alpha value is -0.870. The molecule has 188 valence electrons. The molecule has 1 unspecified atom stereocenters. The van der Waals surface area contributed by atoms with E-state index in [2.05, 4.69) is 26.8 Å². The van der Waals surface area contributed by atoms with Gasteiger partial charge in [-0.15, -0.1) is 0 Å². The topological polar surface area (TPSA) is 66.8 Å². The van der Waals surface area contributed by atoms with Gasteiger partial charge in [-0.2, -0.15) is 0 Å². The van der Waals surface area contributed by atoms with E-state index in [0.29, 0.717) is 23.2 Å². The first-order chi connectivity index (χ1) is 15.5. The second kappa shape index (κ2) is 9.30. The number of allylic oxidation sites excluding steroid dienone is 1. The average molecular weight is 461 g/mol. The zero-order valence-electron chi connectivity index (χ0n) is 21.7. The lowest BCUT2D eigenvalue weighted by Gasteiger charge is -2.58. The first kappa shape index (κ1) is 25.2. The number of ether oxygens (including phenoxy) is 1. The minimum absolute atomic E-state index is 0.0792. The third-order valence-electron chi connectivity index (χ3n) is 10.9. The Bertz CT molecular complexity index is 757. The molecule has 0 aliphatic heterocycles. The van der Waals surface area contributed by atoms with E-state index in [-0.39, 0.29) is 18.7 Å². The molecule has 0 heterocycles. The number of aliphatic hydroxyl groups excluding tert-OH is 1. The zero-order chi connectivity index (χ0) is 24.0. The first-order valence-electron chi connectivity index (χ1n) is 13.7. The summed E-state index contributed by atoms with van der Waals surface area (Å²) >= 11 is 0. The summed E-state index contributed by atoms with van der Waals surface area (Å²) < 4.78 is 5.60. The van der Waals surface area contributed by atoms with Gasteiger partial charge >= 0.3 is 5.97 Å². The minimum atomic E-state index is -0.935. The molecule has 4 aliphatic rings. The van der Waals surface area contributed by atoms with E-state index in [1.54, 1.807) is 12.5 Å². The highest BCUT2D eigenvalue weighted by Crippen LogP contribution is 2.67. The molecular weight excluding hydrogens is 412 g/mol. The summed E-state index contributed by atoms with van der Waals surface area (Å²) in [6.07, 6.45) is 15.2. The summed E-state index contributed by atoms with van der Waals surface area (Å²) in [4.78, 5) is 11.5. The lowest BCUT2D eigenvalue weighted by molar-refractivity contribution is -0.148. The maximum Gasteiger partial charge on any atom is 0.302 e. The van der Waals surface area contributed by atoms with Crippen molar-refractivity contribution in [3.63, 3.8) is 0 Å². The van der Waals surface area contributed by atoms with Crippen LogP contribution in [-0.2, 0) is 9.53 Å². The summed E-state index contributed by atoms with van der Waals surface area (Å²) in [6, 6.07) is 0. The minimum Gasteiger partial charge on any atom is -0.462 e. The number of hydrogen-bond acceptors (Lipinski definition) is 4. The van der Waals surface area contributed by atoms with Crippen molar-refractivity contribution in [2.45, 2.75) is 117 Å². The highest BCUT2D eigenvalue weighted by molar-refractivity contribution is 5.66. The van der Waals surface area contributed by atoms with Gasteiger partial charge in [-0.25, -0.2) is 0 Å². The Morgan fingerprint density at radius 1 is 1.21 bits per heavy atom. The maximum atomic E-state index is 11.5. The Morgan fingerprint density at radius 2 is 1.97 bits per heavy atom. The molecule has 33 heavy (non-hydrogen) atoms. The fraction of sp³-hybridized carbons (Fsp3) is 0.897. The molecule has 3 fully saturated rings. The number of rotatable bonds is 7. The fourth-order valence-electron chi connectivity index (χ4n) is 9.02. The summed E-state index contributed by atoms with van der Waals surface area (Å²) in [5.41, 5.74) is 1.37. The van der Waals surface area contributed by atoms with Crippen LogP contribution in [0.3, 0.4) is 0 Å². The van der Waals surface area contributed by atoms with Gasteiger partial charge in [-0.05, 0) is 98.7 Å². The van der Waals surface area contributed by atoms with Crippen molar-refractivity contribution in [3.05, 3.63) is 11.6 Å². The molecule has 3 saturated carbocycles. The van der Waals surface area contributed by atoms with Gasteiger partial charge in [0.1, 0.15) is 6.10 Å². The van der Waals surface area contributed by atoms with Crippen LogP contribution in [0.2, 0.25) is 0 Å². The molecule has 0 radical (unpaired) electrons. The van der Waals surface area contributed by atoms with Crippen molar-refractivity contribution in [2.75, 3.05) is 6.61 Å². The summed E-state index contributed by atoms with van der Waals surface area (Å²) in [5, 5.41) is 19.5. The van der Waals surface area contributed by atoms with Gasteiger partial charge in [-0.1, -0.05) is 45.3 Å². The predicted molar refractivity (Wildman–Crippen MR) is 131 cm³/mol. The average Bonchev–Trinajstić information content (AvgIpc) is 3.11. The number of carbonyl (C=O) groups is 1. The van der Waals surface area contributed by atoms with Crippen molar-refractivity contribution in [3.8, 4) is 0 Å². The zero-order valence-corrected chi connectivity index (χ0v) is 21.7. The SMILES string of the molecule is CC(=O)O[C@H]1CC[C@@]2(C)C(=CC[C@H]3[C@@H]4CC[C@H]([C@H](C)CCCC(C)(O)CO)[C@@]4(C)CC[C@@H]32)C1. The van der Waals surface area contributed by atoms with Crippen LogP contribution in [0.15, 0.2) is 11.6 Å². The molecule has 2 N–H and O–H groups in total. The third kappa shape index (κ3) is 4.68. The predicted octanol–water partition coefficient (Wildman–Crippen LogP) is 6.05. The Labute approximate surface area is 201 Å². The van der Waals surface area contributed by atoms with Crippen LogP contribution in [0.25, 0.3) is 0 Å². The van der Waals surface area contributed by atoms with Gasteiger partial charge in [0, 0.05) is 13.3 Å². The molecule has 0 aromatic carbocycles. The highest BCUT2D eigenvalue weighted by Gasteiger charge is 2.59. The fourth-order valence-corrected chi connectivity index (χ4v) is 9.02. The van der Waals surface area contributed by atoms with Crippen molar-refractivity contribution < 1.29 is 19.7 Å². The van der Waals surface area contributed by atoms with Crippen LogP contribution < -0.4 is 0 Å². The van der Waals surface area contributed by atoms with Crippen molar-refractivity contribution in [1.82, 2.24) is 0 Å². The first-order valence-corrected chi connectivity index (χ1v) is 13.7. The standard InChI is InChI=1S/C29H48O4/c1-19(7-6-14-27(3,32)18-30)24-10-11-25-23-9-8-21-17-22(33-20(2)31)12-15-28(21,4)26(23)13-16-29(24,25)5/h8,19,22-26,30,32H,6-7,9-18H2,1-5H3/t19-,22+,23+,24-,25+,26+,27?,28+,29-/m1/s1. The molecule has 0 spiro atoms. The smallest absolute Gasteiger partial charge is 0.302 e. The summed E-state index contributed by atoms with van der Waals surface area (Å²) in [6.45, 7) is 10.7. The molecule has 0 bridgehead atoms. The van der Waals surface area contributed by atoms with Gasteiger partial charge in [0.15, 0.2) is 0 Å². The van der Waals surface area contributed by atoms with E-state index < -0.39 is 5.60 Å². The maximum absolute atomic E-state index is 11.5. The molecule has 4 rings (SSSR count). The highest BCUT2D eigenvalue weighted by atomic mass is 16.5. The molecule has 4 heteroatoms. The normalized spacial score (nSPS) is 42.9. The van der Waals surface area contributed by atoms with E-state index in [9.17, 15) is 15.0 Å². The van der Waals surface area contributed by atoms with Gasteiger partial charge in [0.2, 0.25) is 0 Å².